The van der Waals surface area contributed by atoms with E-state index >= 15 is 0 Å². The molecule has 0 radical (unpaired) electrons. The Kier molecular flexibility index (Phi) is 3.68. The predicted octanol–water partition coefficient (Wildman–Crippen LogP) is 4.95. The zero-order valence-corrected chi connectivity index (χ0v) is 13.7. The lowest BCUT2D eigenvalue weighted by molar-refractivity contribution is 0.0659. The number of aryl methyl sites for hydroxylation is 1. The first kappa shape index (κ1) is 14.5. The summed E-state index contributed by atoms with van der Waals surface area (Å²) in [5.41, 5.74) is 5.72. The second-order valence-electron chi connectivity index (χ2n) is 6.92. The molecule has 0 spiro atoms. The molecule has 2 nitrogen and oxygen atoms in total. The number of hydrogen-bond donors (Lipinski definition) is 0. The molecule has 0 N–H and O–H groups in total. The van der Waals surface area contributed by atoms with Crippen molar-refractivity contribution in [2.24, 2.45) is 0 Å². The predicted molar refractivity (Wildman–Crippen MR) is 93.4 cm³/mol. The van der Waals surface area contributed by atoms with Crippen LogP contribution in [-0.2, 0) is 6.54 Å². The summed E-state index contributed by atoms with van der Waals surface area (Å²) in [5, 5.41) is 0. The number of rotatable bonds is 2. The van der Waals surface area contributed by atoms with Crippen molar-refractivity contribution in [1.82, 2.24) is 4.90 Å². The third kappa shape index (κ3) is 2.56. The molecule has 0 aromatic heterocycles. The summed E-state index contributed by atoms with van der Waals surface area (Å²) in [5.74, 6) is 0.254. The highest BCUT2D eigenvalue weighted by Crippen LogP contribution is 2.35. The summed E-state index contributed by atoms with van der Waals surface area (Å²) >= 11 is 0. The Balaban J connectivity index is 1.69. The number of carbonyl (C=O) groups excluding carboxylic acids is 1. The van der Waals surface area contributed by atoms with Gasteiger partial charge in [-0.15, -0.1) is 0 Å². The molecular weight excluding hydrogens is 282 g/mol. The molecule has 1 saturated carbocycles. The van der Waals surface area contributed by atoms with Gasteiger partial charge in [0.15, 0.2) is 0 Å². The van der Waals surface area contributed by atoms with Gasteiger partial charge < -0.3 is 4.90 Å². The van der Waals surface area contributed by atoms with Crippen LogP contribution in [0.15, 0.2) is 42.5 Å². The maximum absolute atomic E-state index is 12.9. The van der Waals surface area contributed by atoms with Crippen LogP contribution < -0.4 is 0 Å². The number of carbonyl (C=O) groups is 1. The molecule has 0 bridgehead atoms. The Hall–Kier alpha value is -2.09. The Morgan fingerprint density at radius 3 is 2.43 bits per heavy atom. The Morgan fingerprint density at radius 1 is 0.957 bits per heavy atom. The average molecular weight is 305 g/mol. The molecule has 1 fully saturated rings. The Labute approximate surface area is 138 Å². The van der Waals surface area contributed by atoms with Gasteiger partial charge in [-0.3, -0.25) is 4.79 Å². The van der Waals surface area contributed by atoms with Crippen LogP contribution in [0, 0.1) is 6.92 Å². The maximum atomic E-state index is 12.9. The fourth-order valence-electron chi connectivity index (χ4n) is 4.17. The van der Waals surface area contributed by atoms with Gasteiger partial charge in [-0.25, -0.2) is 0 Å². The smallest absolute Gasteiger partial charge is 0.255 e. The first-order valence-corrected chi connectivity index (χ1v) is 8.74. The first-order valence-electron chi connectivity index (χ1n) is 8.74. The van der Waals surface area contributed by atoms with E-state index in [0.29, 0.717) is 6.04 Å². The molecular formula is C21H23NO. The minimum atomic E-state index is 0.254. The topological polar surface area (TPSA) is 20.3 Å². The van der Waals surface area contributed by atoms with Gasteiger partial charge >= 0.3 is 0 Å². The van der Waals surface area contributed by atoms with Gasteiger partial charge in [0, 0.05) is 18.2 Å². The van der Waals surface area contributed by atoms with Crippen molar-refractivity contribution in [3.05, 3.63) is 59.2 Å². The fourth-order valence-corrected chi connectivity index (χ4v) is 4.17. The Bertz CT molecular complexity index is 729. The van der Waals surface area contributed by atoms with Crippen LogP contribution in [0.2, 0.25) is 0 Å². The Morgan fingerprint density at radius 2 is 1.70 bits per heavy atom. The highest BCUT2D eigenvalue weighted by Gasteiger charge is 2.34. The molecule has 2 aromatic rings. The van der Waals surface area contributed by atoms with E-state index in [2.05, 4.69) is 48.2 Å². The van der Waals surface area contributed by atoms with Crippen LogP contribution in [0.4, 0.5) is 0 Å². The summed E-state index contributed by atoms with van der Waals surface area (Å²) < 4.78 is 0. The van der Waals surface area contributed by atoms with Crippen LogP contribution in [0.1, 0.15) is 53.6 Å². The minimum Gasteiger partial charge on any atom is -0.331 e. The number of hydrogen-bond acceptors (Lipinski definition) is 1. The third-order valence-electron chi connectivity index (χ3n) is 5.36. The number of nitrogens with zero attached hydrogens (tertiary/aromatic N) is 1. The maximum Gasteiger partial charge on any atom is 0.255 e. The normalized spacial score (nSPS) is 18.3. The van der Waals surface area contributed by atoms with Crippen molar-refractivity contribution >= 4 is 5.91 Å². The third-order valence-corrected chi connectivity index (χ3v) is 5.36. The van der Waals surface area contributed by atoms with E-state index in [4.69, 9.17) is 0 Å². The van der Waals surface area contributed by atoms with Gasteiger partial charge in [-0.1, -0.05) is 55.7 Å². The lowest BCUT2D eigenvalue weighted by Gasteiger charge is -2.30. The highest BCUT2D eigenvalue weighted by molar-refractivity contribution is 6.00. The summed E-state index contributed by atoms with van der Waals surface area (Å²) in [6.07, 6.45) is 6.19. The average Bonchev–Trinajstić information content (AvgIpc) is 2.94. The number of amides is 1. The van der Waals surface area contributed by atoms with E-state index in [1.807, 2.05) is 6.07 Å². The molecule has 1 amide bonds. The van der Waals surface area contributed by atoms with Crippen molar-refractivity contribution in [2.75, 3.05) is 0 Å². The van der Waals surface area contributed by atoms with Crippen LogP contribution >= 0.6 is 0 Å². The second kappa shape index (κ2) is 5.84. The summed E-state index contributed by atoms with van der Waals surface area (Å²) in [7, 11) is 0. The molecule has 0 unspecified atom stereocenters. The van der Waals surface area contributed by atoms with Gasteiger partial charge in [0.25, 0.3) is 5.91 Å². The van der Waals surface area contributed by atoms with E-state index in [1.165, 1.54) is 48.8 Å². The minimum absolute atomic E-state index is 0.254. The number of fused-ring (bicyclic) bond motifs is 1. The highest BCUT2D eigenvalue weighted by atomic mass is 16.2. The SMILES string of the molecule is Cc1cc(-c2ccccc2)cc2c1C(=O)N(C1CCCCC1)C2. The van der Waals surface area contributed by atoms with Gasteiger partial charge in [0.2, 0.25) is 0 Å². The van der Waals surface area contributed by atoms with Crippen molar-refractivity contribution < 1.29 is 4.79 Å². The summed E-state index contributed by atoms with van der Waals surface area (Å²) in [6.45, 7) is 2.87. The van der Waals surface area contributed by atoms with Crippen LogP contribution in [-0.4, -0.2) is 16.8 Å². The van der Waals surface area contributed by atoms with Crippen molar-refractivity contribution in [1.29, 1.82) is 0 Å². The van der Waals surface area contributed by atoms with E-state index < -0.39 is 0 Å². The fraction of sp³-hybridized carbons (Fsp3) is 0.381. The quantitative estimate of drug-likeness (QED) is 0.768. The molecule has 2 aromatic carbocycles. The van der Waals surface area contributed by atoms with E-state index in [-0.39, 0.29) is 5.91 Å². The molecule has 2 aliphatic rings. The van der Waals surface area contributed by atoms with Crippen LogP contribution in [0.5, 0.6) is 0 Å². The standard InChI is InChI=1S/C21H23NO/c1-15-12-17(16-8-4-2-5-9-16)13-18-14-22(21(23)20(15)18)19-10-6-3-7-11-19/h2,4-5,8-9,12-13,19H,3,6-7,10-11,14H2,1H3. The first-order chi connectivity index (χ1) is 11.2. The molecule has 1 aliphatic carbocycles. The van der Waals surface area contributed by atoms with E-state index in [0.717, 1.165) is 17.7 Å². The molecule has 0 saturated heterocycles. The lowest BCUT2D eigenvalue weighted by Crippen LogP contribution is -2.36. The van der Waals surface area contributed by atoms with Crippen LogP contribution in [0.3, 0.4) is 0 Å². The van der Waals surface area contributed by atoms with E-state index in [1.54, 1.807) is 0 Å². The summed E-state index contributed by atoms with van der Waals surface area (Å²) in [6, 6.07) is 15.3. The van der Waals surface area contributed by atoms with Crippen molar-refractivity contribution in [3.8, 4) is 11.1 Å². The zero-order valence-electron chi connectivity index (χ0n) is 13.7. The molecule has 0 atom stereocenters. The molecule has 118 valence electrons. The molecule has 1 heterocycles. The molecule has 2 heteroatoms. The number of benzene rings is 2. The molecule has 4 rings (SSSR count). The van der Waals surface area contributed by atoms with Crippen molar-refractivity contribution in [2.45, 2.75) is 51.6 Å². The van der Waals surface area contributed by atoms with Gasteiger partial charge in [-0.05, 0) is 48.1 Å². The molecule has 1 aliphatic heterocycles. The van der Waals surface area contributed by atoms with Crippen molar-refractivity contribution in [3.63, 3.8) is 0 Å². The van der Waals surface area contributed by atoms with Crippen LogP contribution in [0.25, 0.3) is 11.1 Å². The van der Waals surface area contributed by atoms with E-state index in [9.17, 15) is 4.79 Å². The summed E-state index contributed by atoms with van der Waals surface area (Å²) in [4.78, 5) is 15.0. The second-order valence-corrected chi connectivity index (χ2v) is 6.92. The largest absolute Gasteiger partial charge is 0.331 e. The molecule has 23 heavy (non-hydrogen) atoms. The zero-order chi connectivity index (χ0) is 15.8. The van der Waals surface area contributed by atoms with Gasteiger partial charge in [0.05, 0.1) is 0 Å². The lowest BCUT2D eigenvalue weighted by atomic mass is 9.94. The monoisotopic (exact) mass is 305 g/mol. The van der Waals surface area contributed by atoms with Gasteiger partial charge in [-0.2, -0.15) is 0 Å². The van der Waals surface area contributed by atoms with Gasteiger partial charge in [0.1, 0.15) is 0 Å².